The topological polar surface area (TPSA) is 58.6 Å². The maximum atomic E-state index is 12.5. The number of methoxy groups -OCH3 is 1. The zero-order valence-corrected chi connectivity index (χ0v) is 14.9. The highest BCUT2D eigenvalue weighted by molar-refractivity contribution is 8.18. The fourth-order valence-corrected chi connectivity index (χ4v) is 3.33. The van der Waals surface area contributed by atoms with Crippen molar-refractivity contribution in [2.24, 2.45) is 0 Å². The summed E-state index contributed by atoms with van der Waals surface area (Å²) in [4.78, 5) is 26.2. The summed E-state index contributed by atoms with van der Waals surface area (Å²) >= 11 is 6.98. The van der Waals surface area contributed by atoms with Crippen LogP contribution in [-0.2, 0) is 4.79 Å². The monoisotopic (exact) mass is 374 g/mol. The normalized spacial score (nSPS) is 15.8. The van der Waals surface area contributed by atoms with Gasteiger partial charge in [0, 0.05) is 0 Å². The smallest absolute Gasteiger partial charge is 0.295 e. The fourth-order valence-electron chi connectivity index (χ4n) is 2.29. The molecule has 1 fully saturated rings. The van der Waals surface area contributed by atoms with Gasteiger partial charge in [0.05, 0.1) is 29.4 Å². The van der Waals surface area contributed by atoms with Crippen LogP contribution in [0.25, 0.3) is 6.08 Å². The number of amides is 2. The third-order valence-electron chi connectivity index (χ3n) is 3.57. The van der Waals surface area contributed by atoms with Crippen molar-refractivity contribution in [3.63, 3.8) is 0 Å². The van der Waals surface area contributed by atoms with Gasteiger partial charge in [0.2, 0.25) is 0 Å². The van der Waals surface area contributed by atoms with Gasteiger partial charge < -0.3 is 10.1 Å². The number of hydrogen-bond donors (Lipinski definition) is 1. The van der Waals surface area contributed by atoms with Crippen molar-refractivity contribution in [2.75, 3.05) is 19.1 Å². The van der Waals surface area contributed by atoms with Crippen LogP contribution in [0.15, 0.2) is 53.4 Å². The third kappa shape index (κ3) is 3.97. The number of halogens is 1. The minimum atomic E-state index is -0.336. The number of anilines is 1. The van der Waals surface area contributed by atoms with Crippen molar-refractivity contribution in [1.29, 1.82) is 0 Å². The van der Waals surface area contributed by atoms with Crippen molar-refractivity contribution >= 4 is 46.3 Å². The number of carbonyl (C=O) groups is 2. The van der Waals surface area contributed by atoms with E-state index in [2.05, 4.69) is 5.32 Å². The minimum absolute atomic E-state index is 0.0594. The highest BCUT2D eigenvalue weighted by Crippen LogP contribution is 2.32. The van der Waals surface area contributed by atoms with Gasteiger partial charge >= 0.3 is 0 Å². The van der Waals surface area contributed by atoms with E-state index in [1.807, 2.05) is 30.3 Å². The molecule has 5 nitrogen and oxygen atoms in total. The Morgan fingerprint density at radius 3 is 2.76 bits per heavy atom. The SMILES string of the molecule is COc1cccc(/C=C2\SC(=O)N(CNc3ccccc3Cl)C2=O)c1. The molecule has 7 heteroatoms. The summed E-state index contributed by atoms with van der Waals surface area (Å²) in [6.07, 6.45) is 1.68. The highest BCUT2D eigenvalue weighted by atomic mass is 35.5. The summed E-state index contributed by atoms with van der Waals surface area (Å²) in [6, 6.07) is 14.4. The average Bonchev–Trinajstić information content (AvgIpc) is 2.88. The number of imide groups is 1. The molecule has 0 aromatic heterocycles. The van der Waals surface area contributed by atoms with Crippen LogP contribution < -0.4 is 10.1 Å². The molecule has 2 aromatic rings. The minimum Gasteiger partial charge on any atom is -0.497 e. The van der Waals surface area contributed by atoms with Gasteiger partial charge in [-0.1, -0.05) is 35.9 Å². The second kappa shape index (κ2) is 7.63. The van der Waals surface area contributed by atoms with E-state index in [-0.39, 0.29) is 17.8 Å². The molecule has 0 atom stereocenters. The molecule has 25 heavy (non-hydrogen) atoms. The van der Waals surface area contributed by atoms with Crippen LogP contribution in [0.1, 0.15) is 5.56 Å². The van der Waals surface area contributed by atoms with E-state index in [1.54, 1.807) is 31.4 Å². The van der Waals surface area contributed by atoms with Gasteiger partial charge in [0.15, 0.2) is 0 Å². The molecule has 128 valence electrons. The molecular formula is C18H15ClN2O3S. The number of benzene rings is 2. The van der Waals surface area contributed by atoms with E-state index in [4.69, 9.17) is 16.3 Å². The molecule has 0 bridgehead atoms. The van der Waals surface area contributed by atoms with Crippen LogP contribution in [0.5, 0.6) is 5.75 Å². The quantitative estimate of drug-likeness (QED) is 0.783. The van der Waals surface area contributed by atoms with Gasteiger partial charge in [-0.05, 0) is 47.7 Å². The average molecular weight is 375 g/mol. The van der Waals surface area contributed by atoms with E-state index < -0.39 is 0 Å². The van der Waals surface area contributed by atoms with Crippen LogP contribution in [0, 0.1) is 0 Å². The Balaban J connectivity index is 1.73. The molecule has 1 saturated heterocycles. The second-order valence-corrected chi connectivity index (χ2v) is 6.60. The molecule has 1 N–H and O–H groups in total. The summed E-state index contributed by atoms with van der Waals surface area (Å²) in [5.74, 6) is 0.353. The molecule has 1 aliphatic heterocycles. The van der Waals surface area contributed by atoms with Crippen LogP contribution in [0.3, 0.4) is 0 Å². The molecule has 0 radical (unpaired) electrons. The molecule has 0 unspecified atom stereocenters. The number of thioether (sulfide) groups is 1. The number of nitrogens with zero attached hydrogens (tertiary/aromatic N) is 1. The fraction of sp³-hybridized carbons (Fsp3) is 0.111. The predicted octanol–water partition coefficient (Wildman–Crippen LogP) is 4.45. The van der Waals surface area contributed by atoms with E-state index in [9.17, 15) is 9.59 Å². The van der Waals surface area contributed by atoms with Gasteiger partial charge in [0.1, 0.15) is 5.75 Å². The first kappa shape index (κ1) is 17.4. The van der Waals surface area contributed by atoms with Gasteiger partial charge in [0.25, 0.3) is 11.1 Å². The summed E-state index contributed by atoms with van der Waals surface area (Å²) < 4.78 is 5.17. The van der Waals surface area contributed by atoms with Gasteiger partial charge in [-0.25, -0.2) is 0 Å². The zero-order chi connectivity index (χ0) is 17.8. The van der Waals surface area contributed by atoms with Crippen molar-refractivity contribution in [1.82, 2.24) is 4.90 Å². The Labute approximate surface area is 154 Å². The number of carbonyl (C=O) groups excluding carboxylic acids is 2. The first-order chi connectivity index (χ1) is 12.1. The standard InChI is InChI=1S/C18H15ClN2O3S/c1-24-13-6-4-5-12(9-13)10-16-17(22)21(18(23)25-16)11-20-15-8-3-2-7-14(15)19/h2-10,20H,11H2,1H3/b16-10-. The first-order valence-corrected chi connectivity index (χ1v) is 8.66. The number of ether oxygens (including phenoxy) is 1. The maximum absolute atomic E-state index is 12.5. The van der Waals surface area contributed by atoms with Crippen LogP contribution in [0.4, 0.5) is 10.5 Å². The first-order valence-electron chi connectivity index (χ1n) is 7.46. The Bertz CT molecular complexity index is 854. The van der Waals surface area contributed by atoms with E-state index in [0.29, 0.717) is 21.4 Å². The van der Waals surface area contributed by atoms with E-state index >= 15 is 0 Å². The number of hydrogen-bond acceptors (Lipinski definition) is 5. The Morgan fingerprint density at radius 1 is 1.20 bits per heavy atom. The lowest BCUT2D eigenvalue weighted by molar-refractivity contribution is -0.122. The highest BCUT2D eigenvalue weighted by Gasteiger charge is 2.34. The Kier molecular flexibility index (Phi) is 5.31. The number of nitrogens with one attached hydrogen (secondary N) is 1. The van der Waals surface area contributed by atoms with E-state index in [1.165, 1.54) is 0 Å². The van der Waals surface area contributed by atoms with Crippen LogP contribution in [-0.4, -0.2) is 29.8 Å². The molecular weight excluding hydrogens is 360 g/mol. The maximum Gasteiger partial charge on any atom is 0.295 e. The lowest BCUT2D eigenvalue weighted by Crippen LogP contribution is -2.33. The molecule has 1 heterocycles. The lowest BCUT2D eigenvalue weighted by Gasteiger charge is -2.15. The van der Waals surface area contributed by atoms with Gasteiger partial charge in [-0.15, -0.1) is 0 Å². The number of rotatable bonds is 5. The van der Waals surface area contributed by atoms with Crippen molar-refractivity contribution in [3.8, 4) is 5.75 Å². The van der Waals surface area contributed by atoms with Crippen LogP contribution in [0.2, 0.25) is 5.02 Å². The van der Waals surface area contributed by atoms with Crippen molar-refractivity contribution in [3.05, 3.63) is 64.0 Å². The lowest BCUT2D eigenvalue weighted by atomic mass is 10.2. The van der Waals surface area contributed by atoms with Gasteiger partial charge in [-0.3, -0.25) is 14.5 Å². The van der Waals surface area contributed by atoms with Crippen molar-refractivity contribution in [2.45, 2.75) is 0 Å². The second-order valence-electron chi connectivity index (χ2n) is 5.20. The van der Waals surface area contributed by atoms with E-state index in [0.717, 1.165) is 22.2 Å². The molecule has 2 amide bonds. The molecule has 3 rings (SSSR count). The van der Waals surface area contributed by atoms with Crippen LogP contribution >= 0.6 is 23.4 Å². The predicted molar refractivity (Wildman–Crippen MR) is 101 cm³/mol. The summed E-state index contributed by atoms with van der Waals surface area (Å²) in [5.41, 5.74) is 1.46. The zero-order valence-electron chi connectivity index (χ0n) is 13.4. The molecule has 0 aliphatic carbocycles. The summed E-state index contributed by atoms with van der Waals surface area (Å²) in [6.45, 7) is 0.0594. The largest absolute Gasteiger partial charge is 0.497 e. The molecule has 0 saturated carbocycles. The third-order valence-corrected chi connectivity index (χ3v) is 4.80. The Morgan fingerprint density at radius 2 is 2.00 bits per heavy atom. The van der Waals surface area contributed by atoms with Gasteiger partial charge in [-0.2, -0.15) is 0 Å². The number of para-hydroxylation sites is 1. The summed E-state index contributed by atoms with van der Waals surface area (Å²) in [7, 11) is 1.58. The Hall–Kier alpha value is -2.44. The van der Waals surface area contributed by atoms with Crippen molar-refractivity contribution < 1.29 is 14.3 Å². The summed E-state index contributed by atoms with van der Waals surface area (Å²) in [5, 5.41) is 3.22. The molecule has 2 aromatic carbocycles. The molecule has 0 spiro atoms. The molecule has 1 aliphatic rings.